The second kappa shape index (κ2) is 5.80. The molecule has 3 amide bonds. The predicted octanol–water partition coefficient (Wildman–Crippen LogP) is -0.806. The Morgan fingerprint density at radius 2 is 2.04 bits per heavy atom. The van der Waals surface area contributed by atoms with E-state index >= 15 is 0 Å². The number of methoxy groups -OCH3 is 1. The summed E-state index contributed by atoms with van der Waals surface area (Å²) in [5, 5.41) is 4.38. The van der Waals surface area contributed by atoms with E-state index in [0.29, 0.717) is 11.8 Å². The summed E-state index contributed by atoms with van der Waals surface area (Å²) in [6.45, 7) is 3.30. The van der Waals surface area contributed by atoms with Crippen molar-refractivity contribution >= 4 is 29.7 Å². The Balaban J connectivity index is 2.04. The zero-order valence-corrected chi connectivity index (χ0v) is 14.7. The van der Waals surface area contributed by atoms with Crippen LogP contribution in [0.5, 0.6) is 0 Å². The first-order valence-corrected chi connectivity index (χ1v) is 7.64. The summed E-state index contributed by atoms with van der Waals surface area (Å²) in [5.41, 5.74) is 1.67. The number of amides is 3. The van der Waals surface area contributed by atoms with Gasteiger partial charge in [-0.2, -0.15) is 0 Å². The Kier molecular flexibility index (Phi) is 3.90. The molecule has 10 heteroatoms. The lowest BCUT2D eigenvalue weighted by Crippen LogP contribution is -2.63. The average Bonchev–Trinajstić information content (AvgIpc) is 3.08. The van der Waals surface area contributed by atoms with Crippen LogP contribution >= 0.6 is 0 Å². The molecule has 0 spiro atoms. The number of esters is 1. The maximum Gasteiger partial charge on any atom is 0.421 e. The molecule has 2 aliphatic heterocycles. The molecule has 2 aliphatic rings. The molecule has 1 saturated heterocycles. The van der Waals surface area contributed by atoms with Crippen LogP contribution in [0, 0.1) is 13.8 Å². The molecule has 1 fully saturated rings. The van der Waals surface area contributed by atoms with E-state index in [9.17, 15) is 14.4 Å². The number of rotatable bonds is 2. The molecule has 0 aromatic carbocycles. The zero-order chi connectivity index (χ0) is 18.5. The fraction of sp³-hybridized carbons (Fsp3) is 0.467. The highest BCUT2D eigenvalue weighted by molar-refractivity contribution is 6.23. The summed E-state index contributed by atoms with van der Waals surface area (Å²) in [5.74, 6) is -0.440. The van der Waals surface area contributed by atoms with Gasteiger partial charge in [-0.15, -0.1) is 9.78 Å². The van der Waals surface area contributed by atoms with Gasteiger partial charge >= 0.3 is 18.0 Å². The average molecular weight is 347 g/mol. The van der Waals surface area contributed by atoms with Gasteiger partial charge < -0.3 is 4.74 Å². The van der Waals surface area contributed by atoms with Gasteiger partial charge in [0.25, 0.3) is 5.91 Å². The fourth-order valence-electron chi connectivity index (χ4n) is 2.95. The molecule has 1 atom stereocenters. The number of likely N-dealkylation sites (N-methyl/N-ethyl adjacent to an activating group) is 2. The number of aliphatic imine (C=N–C) groups is 1. The van der Waals surface area contributed by atoms with Crippen LogP contribution in [0.2, 0.25) is 0 Å². The minimum absolute atomic E-state index is 0.307. The normalized spacial score (nSPS) is 20.2. The molecule has 0 N–H and O–H groups in total. The quantitative estimate of drug-likeness (QED) is 0.515. The molecule has 3 rings (SSSR count). The van der Waals surface area contributed by atoms with Gasteiger partial charge in [0.2, 0.25) is 11.9 Å². The summed E-state index contributed by atoms with van der Waals surface area (Å²) in [4.78, 5) is 43.4. The SMILES string of the molecule is COC(=O)CN1C(=O)C2C(=NC(n3nc(C)cc3C)=[N+]2C)N(C)C1=O. The number of ether oxygens (including phenoxy) is 1. The first-order valence-electron chi connectivity index (χ1n) is 7.64. The first-order chi connectivity index (χ1) is 11.8. The number of amidine groups is 1. The lowest BCUT2D eigenvalue weighted by molar-refractivity contribution is -0.507. The Morgan fingerprint density at radius 3 is 2.60 bits per heavy atom. The van der Waals surface area contributed by atoms with E-state index in [2.05, 4.69) is 14.8 Å². The van der Waals surface area contributed by atoms with E-state index in [-0.39, 0.29) is 0 Å². The van der Waals surface area contributed by atoms with E-state index in [4.69, 9.17) is 0 Å². The van der Waals surface area contributed by atoms with E-state index in [1.165, 1.54) is 19.1 Å². The molecule has 3 heterocycles. The Bertz CT molecular complexity index is 852. The largest absolute Gasteiger partial charge is 0.468 e. The second-order valence-corrected chi connectivity index (χ2v) is 5.96. The smallest absolute Gasteiger partial charge is 0.421 e. The second-order valence-electron chi connectivity index (χ2n) is 5.96. The van der Waals surface area contributed by atoms with E-state index in [1.807, 2.05) is 19.9 Å². The van der Waals surface area contributed by atoms with Crippen LogP contribution < -0.4 is 0 Å². The van der Waals surface area contributed by atoms with Gasteiger partial charge in [-0.25, -0.2) is 14.3 Å². The number of aryl methyl sites for hydroxylation is 2. The lowest BCUT2D eigenvalue weighted by Gasteiger charge is -2.32. The first kappa shape index (κ1) is 16.8. The Hall–Kier alpha value is -3.04. The van der Waals surface area contributed by atoms with Crippen LogP contribution in [0.3, 0.4) is 0 Å². The molecule has 1 aromatic heterocycles. The molecule has 10 nitrogen and oxygen atoms in total. The third-order valence-corrected chi connectivity index (χ3v) is 4.24. The van der Waals surface area contributed by atoms with Crippen molar-refractivity contribution in [3.8, 4) is 0 Å². The maximum absolute atomic E-state index is 12.8. The van der Waals surface area contributed by atoms with Crippen LogP contribution in [-0.4, -0.2) is 87.7 Å². The molecule has 1 aromatic rings. The maximum atomic E-state index is 12.8. The van der Waals surface area contributed by atoms with Crippen molar-refractivity contribution in [2.24, 2.45) is 4.99 Å². The Labute approximate surface area is 144 Å². The molecule has 132 valence electrons. The standard InChI is InChI=1S/C15H19N6O4/c1-8-6-9(2)21(17-8)14-16-12-11(18(14)3)13(23)20(7-10(22)25-5)15(24)19(12)4/h6,11H,7H2,1-5H3/q+1. The van der Waals surface area contributed by atoms with Crippen molar-refractivity contribution in [1.82, 2.24) is 19.6 Å². The van der Waals surface area contributed by atoms with Gasteiger partial charge in [0.1, 0.15) is 12.2 Å². The highest BCUT2D eigenvalue weighted by Gasteiger charge is 2.52. The third kappa shape index (κ3) is 2.49. The number of aromatic nitrogens is 2. The molecule has 25 heavy (non-hydrogen) atoms. The van der Waals surface area contributed by atoms with E-state index in [0.717, 1.165) is 16.3 Å². The summed E-state index contributed by atoms with van der Waals surface area (Å²) >= 11 is 0. The van der Waals surface area contributed by atoms with Gasteiger partial charge in [-0.3, -0.25) is 14.5 Å². The molecule has 1 unspecified atom stereocenters. The monoisotopic (exact) mass is 347 g/mol. The van der Waals surface area contributed by atoms with Crippen molar-refractivity contribution in [3.05, 3.63) is 17.5 Å². The van der Waals surface area contributed by atoms with E-state index in [1.54, 1.807) is 16.3 Å². The van der Waals surface area contributed by atoms with Crippen molar-refractivity contribution in [1.29, 1.82) is 0 Å². The van der Waals surface area contributed by atoms with Gasteiger partial charge in [-0.1, -0.05) is 4.99 Å². The minimum atomic E-state index is -0.800. The van der Waals surface area contributed by atoms with E-state index < -0.39 is 30.5 Å². The van der Waals surface area contributed by atoms with Crippen molar-refractivity contribution in [2.75, 3.05) is 27.7 Å². The zero-order valence-electron chi connectivity index (χ0n) is 14.7. The van der Waals surface area contributed by atoms with Crippen molar-refractivity contribution in [3.63, 3.8) is 0 Å². The molecular weight excluding hydrogens is 328 g/mol. The number of nitrogens with zero attached hydrogens (tertiary/aromatic N) is 6. The molecule has 0 radical (unpaired) electrons. The van der Waals surface area contributed by atoms with Gasteiger partial charge in [0.15, 0.2) is 0 Å². The minimum Gasteiger partial charge on any atom is -0.468 e. The summed E-state index contributed by atoms with van der Waals surface area (Å²) in [7, 11) is 4.42. The van der Waals surface area contributed by atoms with Gasteiger partial charge in [-0.05, 0) is 19.9 Å². The molecule has 0 bridgehead atoms. The topological polar surface area (TPSA) is 100 Å². The number of hydrogen-bond donors (Lipinski definition) is 0. The number of fused-ring (bicyclic) bond motifs is 1. The summed E-state index contributed by atoms with van der Waals surface area (Å²) in [6, 6.07) is 0.475. The highest BCUT2D eigenvalue weighted by atomic mass is 16.5. The number of carbonyl (C=O) groups excluding carboxylic acids is 3. The van der Waals surface area contributed by atoms with Gasteiger partial charge in [0, 0.05) is 7.05 Å². The van der Waals surface area contributed by atoms with Crippen LogP contribution in [0.15, 0.2) is 11.1 Å². The fourth-order valence-corrected chi connectivity index (χ4v) is 2.95. The van der Waals surface area contributed by atoms with Crippen molar-refractivity contribution in [2.45, 2.75) is 19.9 Å². The molecular formula is C15H19N6O4+. The summed E-state index contributed by atoms with van der Waals surface area (Å²) < 4.78 is 7.83. The number of hydrogen-bond acceptors (Lipinski definition) is 6. The number of urea groups is 1. The third-order valence-electron chi connectivity index (χ3n) is 4.24. The van der Waals surface area contributed by atoms with Crippen molar-refractivity contribution < 1.29 is 23.7 Å². The Morgan fingerprint density at radius 1 is 1.36 bits per heavy atom. The molecule has 0 aliphatic carbocycles. The predicted molar refractivity (Wildman–Crippen MR) is 86.4 cm³/mol. The van der Waals surface area contributed by atoms with Crippen LogP contribution in [0.25, 0.3) is 0 Å². The van der Waals surface area contributed by atoms with Crippen LogP contribution in [0.1, 0.15) is 11.4 Å². The summed E-state index contributed by atoms with van der Waals surface area (Å²) in [6.07, 6.45) is 0. The number of imide groups is 1. The van der Waals surface area contributed by atoms with Crippen LogP contribution in [-0.2, 0) is 14.3 Å². The van der Waals surface area contributed by atoms with Gasteiger partial charge in [0.05, 0.1) is 19.9 Å². The molecule has 0 saturated carbocycles. The van der Waals surface area contributed by atoms with Crippen LogP contribution in [0.4, 0.5) is 4.79 Å². The highest BCUT2D eigenvalue weighted by Crippen LogP contribution is 2.20. The number of carbonyl (C=O) groups is 3. The lowest BCUT2D eigenvalue weighted by atomic mass is 10.1.